The van der Waals surface area contributed by atoms with E-state index in [1.807, 2.05) is 18.2 Å². The van der Waals surface area contributed by atoms with E-state index in [2.05, 4.69) is 28.0 Å². The van der Waals surface area contributed by atoms with E-state index in [-0.39, 0.29) is 5.91 Å². The summed E-state index contributed by atoms with van der Waals surface area (Å²) in [6.07, 6.45) is 4.86. The lowest BCUT2D eigenvalue weighted by atomic mass is 10.1. The quantitative estimate of drug-likeness (QED) is 0.666. The van der Waals surface area contributed by atoms with Crippen LogP contribution >= 0.6 is 15.9 Å². The topological polar surface area (TPSA) is 56.0 Å². The van der Waals surface area contributed by atoms with Crippen molar-refractivity contribution in [3.05, 3.63) is 28.5 Å². The molecule has 19 heavy (non-hydrogen) atoms. The zero-order valence-electron chi connectivity index (χ0n) is 11.3. The highest BCUT2D eigenvalue weighted by atomic mass is 79.9. The number of aromatic nitrogens is 1. The molecule has 1 aliphatic carbocycles. The lowest BCUT2D eigenvalue weighted by molar-refractivity contribution is -0.938. The Morgan fingerprint density at radius 1 is 1.47 bits per heavy atom. The molecule has 1 saturated carbocycles. The first-order valence-corrected chi connectivity index (χ1v) is 7.53. The molecule has 1 unspecified atom stereocenters. The maximum atomic E-state index is 11.4. The highest BCUT2D eigenvalue weighted by molar-refractivity contribution is 9.10. The zero-order chi connectivity index (χ0) is 13.9. The zero-order valence-corrected chi connectivity index (χ0v) is 12.9. The van der Waals surface area contributed by atoms with Gasteiger partial charge >= 0.3 is 0 Å². The number of carbonyl (C=O) groups excluding carboxylic acids is 1. The first-order valence-electron chi connectivity index (χ1n) is 6.73. The van der Waals surface area contributed by atoms with E-state index in [9.17, 15) is 4.79 Å². The van der Waals surface area contributed by atoms with Gasteiger partial charge in [0.2, 0.25) is 0 Å². The van der Waals surface area contributed by atoms with Gasteiger partial charge in [0.25, 0.3) is 5.91 Å². The van der Waals surface area contributed by atoms with Gasteiger partial charge in [-0.2, -0.15) is 0 Å². The Kier molecular flexibility index (Phi) is 4.58. The summed E-state index contributed by atoms with van der Waals surface area (Å²) in [5.41, 5.74) is 6.45. The fourth-order valence-electron chi connectivity index (χ4n) is 3.11. The van der Waals surface area contributed by atoms with Gasteiger partial charge in [0.15, 0.2) is 6.54 Å². The average molecular weight is 327 g/mol. The second-order valence-corrected chi connectivity index (χ2v) is 6.46. The van der Waals surface area contributed by atoms with Crippen molar-refractivity contribution < 1.29 is 9.28 Å². The minimum atomic E-state index is -0.232. The summed E-state index contributed by atoms with van der Waals surface area (Å²) in [4.78, 5) is 15.9. The van der Waals surface area contributed by atoms with Crippen molar-refractivity contribution in [2.45, 2.75) is 38.3 Å². The third kappa shape index (κ3) is 3.76. The largest absolute Gasteiger partial charge is 0.365 e. The van der Waals surface area contributed by atoms with Crippen LogP contribution < -0.4 is 5.73 Å². The molecule has 0 aromatic carbocycles. The van der Waals surface area contributed by atoms with Gasteiger partial charge in [-0.3, -0.25) is 4.79 Å². The Hall–Kier alpha value is -0.940. The number of rotatable bonds is 5. The maximum absolute atomic E-state index is 11.4. The molecule has 1 aliphatic rings. The Bertz CT molecular complexity index is 460. The molecule has 0 radical (unpaired) electrons. The molecule has 0 spiro atoms. The number of carbonyl (C=O) groups is 1. The summed E-state index contributed by atoms with van der Waals surface area (Å²) >= 11 is 3.39. The van der Waals surface area contributed by atoms with Gasteiger partial charge in [-0.05, 0) is 53.7 Å². The average Bonchev–Trinajstić information content (AvgIpc) is 2.81. The fraction of sp³-hybridized carbons (Fsp3) is 0.571. The summed E-state index contributed by atoms with van der Waals surface area (Å²) in [5, 5.41) is 0. The normalized spacial score (nSPS) is 19.3. The molecular weight excluding hydrogens is 306 g/mol. The van der Waals surface area contributed by atoms with Crippen LogP contribution in [-0.2, 0) is 11.3 Å². The Morgan fingerprint density at radius 2 is 2.16 bits per heavy atom. The van der Waals surface area contributed by atoms with Crippen LogP contribution in [0.1, 0.15) is 31.4 Å². The van der Waals surface area contributed by atoms with E-state index in [1.54, 1.807) is 0 Å². The van der Waals surface area contributed by atoms with Crippen molar-refractivity contribution in [3.63, 3.8) is 0 Å². The number of hydrogen-bond donors (Lipinski definition) is 1. The van der Waals surface area contributed by atoms with E-state index < -0.39 is 0 Å². The Labute approximate surface area is 122 Å². The van der Waals surface area contributed by atoms with Crippen LogP contribution in [0.4, 0.5) is 0 Å². The van der Waals surface area contributed by atoms with Crippen molar-refractivity contribution in [2.24, 2.45) is 5.73 Å². The summed E-state index contributed by atoms with van der Waals surface area (Å²) < 4.78 is 1.51. The molecule has 5 heteroatoms. The van der Waals surface area contributed by atoms with Gasteiger partial charge < -0.3 is 10.2 Å². The van der Waals surface area contributed by atoms with Crippen LogP contribution in [0.3, 0.4) is 0 Å². The molecule has 2 rings (SSSR count). The molecule has 1 aromatic heterocycles. The van der Waals surface area contributed by atoms with E-state index in [4.69, 9.17) is 5.73 Å². The van der Waals surface area contributed by atoms with Crippen LogP contribution in [0.25, 0.3) is 0 Å². The lowest BCUT2D eigenvalue weighted by Crippen LogP contribution is -2.54. The SMILES string of the molecule is C[N+](CC(N)=O)(Cc1cccc(Br)n1)C1CCCC1. The van der Waals surface area contributed by atoms with Gasteiger partial charge in [-0.1, -0.05) is 6.07 Å². The first-order chi connectivity index (χ1) is 8.99. The number of halogens is 1. The van der Waals surface area contributed by atoms with Crippen molar-refractivity contribution in [1.29, 1.82) is 0 Å². The molecule has 0 bridgehead atoms. The van der Waals surface area contributed by atoms with Gasteiger partial charge in [0, 0.05) is 0 Å². The lowest BCUT2D eigenvalue weighted by Gasteiger charge is -2.39. The second-order valence-electron chi connectivity index (χ2n) is 5.65. The van der Waals surface area contributed by atoms with Crippen molar-refractivity contribution in [1.82, 2.24) is 4.98 Å². The third-order valence-electron chi connectivity index (χ3n) is 4.02. The van der Waals surface area contributed by atoms with E-state index >= 15 is 0 Å². The first kappa shape index (κ1) is 14.5. The van der Waals surface area contributed by atoms with E-state index in [0.717, 1.165) is 16.8 Å². The highest BCUT2D eigenvalue weighted by Crippen LogP contribution is 2.29. The number of amides is 1. The number of pyridine rings is 1. The minimum Gasteiger partial charge on any atom is -0.365 e. The van der Waals surface area contributed by atoms with Crippen LogP contribution in [0, 0.1) is 0 Å². The van der Waals surface area contributed by atoms with Crippen LogP contribution in [-0.4, -0.2) is 35.0 Å². The monoisotopic (exact) mass is 326 g/mol. The minimum absolute atomic E-state index is 0.232. The summed E-state index contributed by atoms with van der Waals surface area (Å²) in [6, 6.07) is 6.43. The fourth-order valence-corrected chi connectivity index (χ4v) is 3.49. The van der Waals surface area contributed by atoms with Gasteiger partial charge in [0.1, 0.15) is 11.1 Å². The number of nitrogens with zero attached hydrogens (tertiary/aromatic N) is 2. The molecule has 1 fully saturated rings. The summed E-state index contributed by atoms with van der Waals surface area (Å²) in [5.74, 6) is -0.232. The molecule has 2 N–H and O–H groups in total. The van der Waals surface area contributed by atoms with Crippen LogP contribution in [0.5, 0.6) is 0 Å². The predicted molar refractivity (Wildman–Crippen MR) is 78.1 cm³/mol. The second kappa shape index (κ2) is 6.01. The number of nitrogens with two attached hydrogens (primary N) is 1. The third-order valence-corrected chi connectivity index (χ3v) is 4.46. The molecule has 4 nitrogen and oxygen atoms in total. The molecule has 1 heterocycles. The molecule has 0 saturated heterocycles. The van der Waals surface area contributed by atoms with Gasteiger partial charge in [0.05, 0.1) is 18.8 Å². The Balaban J connectivity index is 2.19. The van der Waals surface area contributed by atoms with Gasteiger partial charge in [-0.25, -0.2) is 4.98 Å². The number of hydrogen-bond acceptors (Lipinski definition) is 2. The smallest absolute Gasteiger partial charge is 0.272 e. The molecule has 104 valence electrons. The molecule has 0 aliphatic heterocycles. The van der Waals surface area contributed by atoms with Crippen molar-refractivity contribution in [3.8, 4) is 0 Å². The maximum Gasteiger partial charge on any atom is 0.272 e. The standard InChI is InChI=1S/C14H20BrN3O/c1-18(10-14(16)19,12-6-2-3-7-12)9-11-5-4-8-13(15)17-11/h4-5,8,12H,2-3,6-7,9-10H2,1H3,(H-,16,19)/p+1. The number of likely N-dealkylation sites (N-methyl/N-ethyl adjacent to an activating group) is 1. The number of primary amides is 1. The molecule has 1 aromatic rings. The highest BCUT2D eigenvalue weighted by Gasteiger charge is 2.36. The predicted octanol–water partition coefficient (Wildman–Crippen LogP) is 2.22. The van der Waals surface area contributed by atoms with Crippen molar-refractivity contribution >= 4 is 21.8 Å². The summed E-state index contributed by atoms with van der Waals surface area (Å²) in [6.45, 7) is 1.14. The molecular formula is C14H21BrN3O+. The number of quaternary nitrogens is 1. The Morgan fingerprint density at radius 3 is 2.74 bits per heavy atom. The molecule has 1 amide bonds. The van der Waals surface area contributed by atoms with Crippen LogP contribution in [0.2, 0.25) is 0 Å². The van der Waals surface area contributed by atoms with Crippen LogP contribution in [0.15, 0.2) is 22.8 Å². The van der Waals surface area contributed by atoms with Gasteiger partial charge in [-0.15, -0.1) is 0 Å². The van der Waals surface area contributed by atoms with E-state index in [0.29, 0.717) is 17.1 Å². The summed E-state index contributed by atoms with van der Waals surface area (Å²) in [7, 11) is 2.13. The van der Waals surface area contributed by atoms with E-state index in [1.165, 1.54) is 25.7 Å². The molecule has 1 atom stereocenters. The van der Waals surface area contributed by atoms with Crippen molar-refractivity contribution in [2.75, 3.05) is 13.6 Å².